The highest BCUT2D eigenvalue weighted by Gasteiger charge is 2.39. The molecule has 0 aromatic carbocycles. The Kier molecular flexibility index (Phi) is 3.75. The first-order chi connectivity index (χ1) is 6.16. The van der Waals surface area contributed by atoms with E-state index in [4.69, 9.17) is 10.8 Å². The average Bonchev–Trinajstić information content (AvgIpc) is 2.46. The van der Waals surface area contributed by atoms with E-state index < -0.39 is 5.97 Å². The van der Waals surface area contributed by atoms with Crippen molar-refractivity contribution >= 4 is 18.4 Å². The predicted octanol–water partition coefficient (Wildman–Crippen LogP) is 0.351. The summed E-state index contributed by atoms with van der Waals surface area (Å²) in [4.78, 5) is 10.7. The fourth-order valence-corrected chi connectivity index (χ4v) is 2.58. The van der Waals surface area contributed by atoms with Gasteiger partial charge < -0.3 is 16.2 Å². The Morgan fingerprint density at radius 1 is 1.36 bits per heavy atom. The molecule has 4 nitrogen and oxygen atoms in total. The molecule has 14 heavy (non-hydrogen) atoms. The van der Waals surface area contributed by atoms with Crippen LogP contribution in [0.5, 0.6) is 0 Å². The second kappa shape index (κ2) is 4.47. The van der Waals surface area contributed by atoms with Crippen molar-refractivity contribution in [2.24, 2.45) is 11.7 Å². The first-order valence-electron chi connectivity index (χ1n) is 4.91. The summed E-state index contributed by atoms with van der Waals surface area (Å²) < 4.78 is 0. The molecule has 1 aliphatic carbocycles. The molecule has 0 spiro atoms. The van der Waals surface area contributed by atoms with Crippen LogP contribution in [0.3, 0.4) is 0 Å². The number of carboxylic acid groups (broad SMARTS) is 1. The summed E-state index contributed by atoms with van der Waals surface area (Å²) >= 11 is 0. The fraction of sp³-hybridized carbons (Fsp3) is 0.889. The minimum Gasteiger partial charge on any atom is -0.480 e. The van der Waals surface area contributed by atoms with Gasteiger partial charge >= 0.3 is 5.97 Å². The average molecular weight is 221 g/mol. The summed E-state index contributed by atoms with van der Waals surface area (Å²) in [7, 11) is 0. The van der Waals surface area contributed by atoms with E-state index in [0.717, 1.165) is 25.7 Å². The summed E-state index contributed by atoms with van der Waals surface area (Å²) in [6, 6.07) is 0.358. The zero-order valence-corrected chi connectivity index (χ0v) is 8.80. The molecule has 0 amide bonds. The van der Waals surface area contributed by atoms with Gasteiger partial charge in [0.2, 0.25) is 0 Å². The molecule has 0 bridgehead atoms. The van der Waals surface area contributed by atoms with Gasteiger partial charge in [-0.15, -0.1) is 12.4 Å². The topological polar surface area (TPSA) is 75.3 Å². The molecule has 2 fully saturated rings. The molecule has 4 atom stereocenters. The lowest BCUT2D eigenvalue weighted by Gasteiger charge is -2.28. The molecule has 1 heterocycles. The maximum atomic E-state index is 10.7. The zero-order chi connectivity index (χ0) is 9.42. The number of aliphatic carboxylic acids is 1. The molecule has 2 aliphatic rings. The molecule has 1 saturated heterocycles. The van der Waals surface area contributed by atoms with Gasteiger partial charge in [0.1, 0.15) is 6.04 Å². The molecular weight excluding hydrogens is 204 g/mol. The molecule has 0 aromatic rings. The third-order valence-electron chi connectivity index (χ3n) is 3.27. The zero-order valence-electron chi connectivity index (χ0n) is 7.98. The van der Waals surface area contributed by atoms with Crippen molar-refractivity contribution in [2.75, 3.05) is 0 Å². The van der Waals surface area contributed by atoms with Crippen molar-refractivity contribution < 1.29 is 9.90 Å². The largest absolute Gasteiger partial charge is 0.480 e. The van der Waals surface area contributed by atoms with Crippen molar-refractivity contribution in [3.63, 3.8) is 0 Å². The van der Waals surface area contributed by atoms with Gasteiger partial charge in [-0.05, 0) is 31.6 Å². The molecular formula is C9H17ClN2O2. The molecule has 4 N–H and O–H groups in total. The van der Waals surface area contributed by atoms with Crippen molar-refractivity contribution in [2.45, 2.75) is 43.8 Å². The maximum absolute atomic E-state index is 10.7. The lowest BCUT2D eigenvalue weighted by atomic mass is 9.82. The van der Waals surface area contributed by atoms with Gasteiger partial charge in [-0.3, -0.25) is 4.79 Å². The van der Waals surface area contributed by atoms with Crippen molar-refractivity contribution in [3.8, 4) is 0 Å². The Labute approximate surface area is 89.6 Å². The third-order valence-corrected chi connectivity index (χ3v) is 3.27. The summed E-state index contributed by atoms with van der Waals surface area (Å²) in [6.07, 6.45) is 3.81. The molecule has 82 valence electrons. The lowest BCUT2D eigenvalue weighted by Crippen LogP contribution is -2.40. The molecule has 2 rings (SSSR count). The predicted molar refractivity (Wildman–Crippen MR) is 55.5 cm³/mol. The smallest absolute Gasteiger partial charge is 0.320 e. The number of carboxylic acids is 1. The van der Waals surface area contributed by atoms with E-state index in [2.05, 4.69) is 5.32 Å². The summed E-state index contributed by atoms with van der Waals surface area (Å²) in [5.41, 5.74) is 5.84. The monoisotopic (exact) mass is 220 g/mol. The SMILES string of the molecule is Cl.NC1CCC2NC(C(=O)O)CC2C1. The van der Waals surface area contributed by atoms with Gasteiger partial charge in [-0.2, -0.15) is 0 Å². The van der Waals surface area contributed by atoms with E-state index in [1.54, 1.807) is 0 Å². The van der Waals surface area contributed by atoms with Crippen LogP contribution < -0.4 is 11.1 Å². The van der Waals surface area contributed by atoms with Crippen LogP contribution in [-0.2, 0) is 4.79 Å². The Morgan fingerprint density at radius 3 is 2.71 bits per heavy atom. The first-order valence-corrected chi connectivity index (χ1v) is 4.91. The summed E-state index contributed by atoms with van der Waals surface area (Å²) in [5.74, 6) is -0.229. The van der Waals surface area contributed by atoms with Gasteiger partial charge in [0.15, 0.2) is 0 Å². The standard InChI is InChI=1S/C9H16N2O2.ClH/c10-6-1-2-7-5(3-6)4-8(11-7)9(12)13;/h5-8,11H,1-4,10H2,(H,12,13);1H. The van der Waals surface area contributed by atoms with Crippen molar-refractivity contribution in [3.05, 3.63) is 0 Å². The van der Waals surface area contributed by atoms with Crippen LogP contribution in [0.15, 0.2) is 0 Å². The van der Waals surface area contributed by atoms with Crippen LogP contribution in [0.25, 0.3) is 0 Å². The Morgan fingerprint density at radius 2 is 2.07 bits per heavy atom. The van der Waals surface area contributed by atoms with E-state index in [1.165, 1.54) is 0 Å². The molecule has 1 aliphatic heterocycles. The molecule has 0 radical (unpaired) electrons. The summed E-state index contributed by atoms with van der Waals surface area (Å²) in [5, 5.41) is 12.0. The highest BCUT2D eigenvalue weighted by atomic mass is 35.5. The van der Waals surface area contributed by atoms with Crippen LogP contribution in [0, 0.1) is 5.92 Å². The Balaban J connectivity index is 0.000000980. The van der Waals surface area contributed by atoms with Crippen LogP contribution in [0.1, 0.15) is 25.7 Å². The normalized spacial score (nSPS) is 41.2. The molecule has 5 heteroatoms. The number of carbonyl (C=O) groups is 1. The third kappa shape index (κ3) is 2.19. The highest BCUT2D eigenvalue weighted by molar-refractivity contribution is 5.85. The Hall–Kier alpha value is -0.320. The second-order valence-electron chi connectivity index (χ2n) is 4.23. The van der Waals surface area contributed by atoms with Crippen molar-refractivity contribution in [1.29, 1.82) is 0 Å². The van der Waals surface area contributed by atoms with E-state index in [9.17, 15) is 4.79 Å². The van der Waals surface area contributed by atoms with Crippen LogP contribution in [0.4, 0.5) is 0 Å². The first kappa shape index (κ1) is 11.8. The van der Waals surface area contributed by atoms with E-state index in [-0.39, 0.29) is 24.5 Å². The summed E-state index contributed by atoms with van der Waals surface area (Å²) in [6.45, 7) is 0. The lowest BCUT2D eigenvalue weighted by molar-refractivity contribution is -0.139. The number of hydrogen-bond donors (Lipinski definition) is 3. The number of hydrogen-bond acceptors (Lipinski definition) is 3. The fourth-order valence-electron chi connectivity index (χ4n) is 2.58. The quantitative estimate of drug-likeness (QED) is 0.596. The van der Waals surface area contributed by atoms with Crippen LogP contribution in [0.2, 0.25) is 0 Å². The van der Waals surface area contributed by atoms with E-state index in [0.29, 0.717) is 12.0 Å². The van der Waals surface area contributed by atoms with Gasteiger partial charge in [-0.1, -0.05) is 0 Å². The minimum atomic E-state index is -0.719. The highest BCUT2D eigenvalue weighted by Crippen LogP contribution is 2.32. The second-order valence-corrected chi connectivity index (χ2v) is 4.23. The van der Waals surface area contributed by atoms with Crippen LogP contribution >= 0.6 is 12.4 Å². The molecule has 1 saturated carbocycles. The van der Waals surface area contributed by atoms with Gasteiger partial charge in [0.25, 0.3) is 0 Å². The number of rotatable bonds is 1. The number of nitrogens with one attached hydrogen (secondary N) is 1. The molecule has 4 unspecified atom stereocenters. The van der Waals surface area contributed by atoms with Gasteiger partial charge in [-0.25, -0.2) is 0 Å². The van der Waals surface area contributed by atoms with Crippen LogP contribution in [-0.4, -0.2) is 29.2 Å². The number of fused-ring (bicyclic) bond motifs is 1. The number of halogens is 1. The maximum Gasteiger partial charge on any atom is 0.320 e. The van der Waals surface area contributed by atoms with Gasteiger partial charge in [0, 0.05) is 12.1 Å². The van der Waals surface area contributed by atoms with E-state index >= 15 is 0 Å². The van der Waals surface area contributed by atoms with Gasteiger partial charge in [0.05, 0.1) is 0 Å². The Bertz CT molecular complexity index is 225. The van der Waals surface area contributed by atoms with E-state index in [1.807, 2.05) is 0 Å². The number of nitrogens with two attached hydrogens (primary N) is 1. The minimum absolute atomic E-state index is 0. The molecule has 0 aromatic heterocycles. The van der Waals surface area contributed by atoms with Crippen molar-refractivity contribution in [1.82, 2.24) is 5.32 Å².